The number of benzene rings is 1. The number of nitriles is 1. The van der Waals surface area contributed by atoms with Gasteiger partial charge in [-0.1, -0.05) is 32.0 Å². The first-order chi connectivity index (χ1) is 15.0. The lowest BCUT2D eigenvalue weighted by atomic mass is 10.1. The summed E-state index contributed by atoms with van der Waals surface area (Å²) in [6.45, 7) is 5.24. The van der Waals surface area contributed by atoms with Gasteiger partial charge in [0, 0.05) is 17.6 Å². The molecule has 0 atom stereocenters. The number of halogens is 3. The van der Waals surface area contributed by atoms with Crippen molar-refractivity contribution in [2.45, 2.75) is 37.9 Å². The van der Waals surface area contributed by atoms with Gasteiger partial charge in [-0.2, -0.15) is 18.4 Å². The summed E-state index contributed by atoms with van der Waals surface area (Å²) < 4.78 is 68.1. The Morgan fingerprint density at radius 2 is 1.81 bits per heavy atom. The molecule has 1 aromatic carbocycles. The number of allylic oxidation sites excluding steroid dienone is 1. The third-order valence-corrected chi connectivity index (χ3v) is 6.54. The first-order valence-electron chi connectivity index (χ1n) is 9.65. The Labute approximate surface area is 184 Å². The van der Waals surface area contributed by atoms with Gasteiger partial charge in [0.2, 0.25) is 9.84 Å². The van der Waals surface area contributed by atoms with Crippen LogP contribution in [0.25, 0.3) is 11.8 Å². The molecule has 3 aromatic rings. The van der Waals surface area contributed by atoms with E-state index in [1.54, 1.807) is 25.1 Å². The molecule has 2 heterocycles. The molecule has 0 bridgehead atoms. The molecule has 5 nitrogen and oxygen atoms in total. The maximum Gasteiger partial charge on any atom is 0.418 e. The zero-order chi connectivity index (χ0) is 23.7. The summed E-state index contributed by atoms with van der Waals surface area (Å²) in [6.07, 6.45) is -2.09. The van der Waals surface area contributed by atoms with Gasteiger partial charge in [0.05, 0.1) is 11.3 Å². The largest absolute Gasteiger partial charge is 0.418 e. The zero-order valence-electron chi connectivity index (χ0n) is 17.6. The third kappa shape index (κ3) is 4.32. The minimum absolute atomic E-state index is 0.0630. The molecule has 0 saturated carbocycles. The molecule has 166 valence electrons. The lowest BCUT2D eigenvalue weighted by Gasteiger charge is -2.19. The summed E-state index contributed by atoms with van der Waals surface area (Å²) in [6, 6.07) is 12.8. The molecule has 0 amide bonds. The molecule has 0 radical (unpaired) electrons. The normalized spacial score (nSPS) is 12.8. The quantitative estimate of drug-likeness (QED) is 0.461. The van der Waals surface area contributed by atoms with Crippen molar-refractivity contribution in [3.63, 3.8) is 0 Å². The van der Waals surface area contributed by atoms with Crippen LogP contribution in [-0.2, 0) is 16.0 Å². The van der Waals surface area contributed by atoms with Crippen LogP contribution in [0.3, 0.4) is 0 Å². The maximum atomic E-state index is 13.7. The van der Waals surface area contributed by atoms with Gasteiger partial charge in [0.15, 0.2) is 9.93 Å². The van der Waals surface area contributed by atoms with Crippen molar-refractivity contribution in [3.05, 3.63) is 82.1 Å². The van der Waals surface area contributed by atoms with Crippen molar-refractivity contribution in [2.24, 2.45) is 0 Å². The molecule has 0 fully saturated rings. The average molecular weight is 459 g/mol. The predicted molar refractivity (Wildman–Crippen MR) is 115 cm³/mol. The van der Waals surface area contributed by atoms with Gasteiger partial charge < -0.3 is 4.57 Å². The second-order valence-electron chi connectivity index (χ2n) is 7.41. The summed E-state index contributed by atoms with van der Waals surface area (Å²) in [5.41, 5.74) is 0.402. The highest BCUT2D eigenvalue weighted by Crippen LogP contribution is 2.37. The van der Waals surface area contributed by atoms with Crippen molar-refractivity contribution in [1.29, 1.82) is 5.26 Å². The van der Waals surface area contributed by atoms with E-state index in [1.165, 1.54) is 47.2 Å². The van der Waals surface area contributed by atoms with Gasteiger partial charge >= 0.3 is 6.18 Å². The second kappa shape index (κ2) is 8.63. The molecular weight excluding hydrogens is 439 g/mol. The Bertz CT molecular complexity index is 1320. The maximum absolute atomic E-state index is 13.7. The van der Waals surface area contributed by atoms with Gasteiger partial charge in [0.1, 0.15) is 6.07 Å². The molecule has 0 spiro atoms. The number of aromatic nitrogens is 2. The molecule has 9 heteroatoms. The van der Waals surface area contributed by atoms with Crippen molar-refractivity contribution in [2.75, 3.05) is 0 Å². The number of hydrogen-bond acceptors (Lipinski definition) is 4. The first kappa shape index (κ1) is 23.3. The number of alkyl halides is 3. The number of para-hydroxylation sites is 1. The van der Waals surface area contributed by atoms with E-state index in [1.807, 2.05) is 13.8 Å². The first-order valence-corrected chi connectivity index (χ1v) is 11.1. The lowest BCUT2D eigenvalue weighted by molar-refractivity contribution is -0.137. The molecule has 0 N–H and O–H groups in total. The molecule has 32 heavy (non-hydrogen) atoms. The fourth-order valence-corrected chi connectivity index (χ4v) is 4.46. The predicted octanol–water partition coefficient (Wildman–Crippen LogP) is 5.66. The van der Waals surface area contributed by atoms with Crippen LogP contribution >= 0.6 is 0 Å². The number of sulfone groups is 1. The number of hydrogen-bond donors (Lipinski definition) is 0. The second-order valence-corrected chi connectivity index (χ2v) is 9.27. The zero-order valence-corrected chi connectivity index (χ0v) is 18.4. The van der Waals surface area contributed by atoms with Gasteiger partial charge in [-0.05, 0) is 54.8 Å². The number of pyridine rings is 1. The molecule has 0 saturated heterocycles. The SMILES string of the molecule is Cc1c(/C=C(\C#N)S(=O)(=O)c2ccccn2)cc(C(C)C)n1-c1ccccc1C(F)(F)F. The highest BCUT2D eigenvalue weighted by atomic mass is 32.2. The summed E-state index contributed by atoms with van der Waals surface area (Å²) >= 11 is 0. The Morgan fingerprint density at radius 1 is 1.16 bits per heavy atom. The molecular formula is C23H20F3N3O2S. The van der Waals surface area contributed by atoms with E-state index in [4.69, 9.17) is 0 Å². The number of rotatable bonds is 5. The van der Waals surface area contributed by atoms with Crippen LogP contribution < -0.4 is 0 Å². The van der Waals surface area contributed by atoms with E-state index < -0.39 is 26.5 Å². The summed E-state index contributed by atoms with van der Waals surface area (Å²) in [7, 11) is -4.19. The van der Waals surface area contributed by atoms with E-state index >= 15 is 0 Å². The van der Waals surface area contributed by atoms with Crippen LogP contribution in [-0.4, -0.2) is 18.0 Å². The van der Waals surface area contributed by atoms with Gasteiger partial charge in [0.25, 0.3) is 0 Å². The van der Waals surface area contributed by atoms with Crippen molar-refractivity contribution < 1.29 is 21.6 Å². The fourth-order valence-electron chi connectivity index (χ4n) is 3.38. The van der Waals surface area contributed by atoms with E-state index in [2.05, 4.69) is 4.98 Å². The molecule has 2 aromatic heterocycles. The van der Waals surface area contributed by atoms with Crippen molar-refractivity contribution in [1.82, 2.24) is 9.55 Å². The Hall–Kier alpha value is -3.38. The van der Waals surface area contributed by atoms with E-state index in [9.17, 15) is 26.9 Å². The van der Waals surface area contributed by atoms with Crippen LogP contribution in [0, 0.1) is 18.3 Å². The minimum Gasteiger partial charge on any atom is -0.317 e. The molecule has 0 aliphatic heterocycles. The third-order valence-electron chi connectivity index (χ3n) is 4.96. The fraction of sp³-hybridized carbons (Fsp3) is 0.217. The smallest absolute Gasteiger partial charge is 0.317 e. The lowest BCUT2D eigenvalue weighted by Crippen LogP contribution is -2.13. The van der Waals surface area contributed by atoms with Crippen molar-refractivity contribution in [3.8, 4) is 11.8 Å². The van der Waals surface area contributed by atoms with Crippen LogP contribution in [0.4, 0.5) is 13.2 Å². The standard InChI is InChI=1S/C23H20F3N3O2S/c1-15(2)21-13-17(12-18(14-27)32(30,31)22-10-6-7-11-28-22)16(3)29(21)20-9-5-4-8-19(20)23(24,25)26/h4-13,15H,1-3H3/b18-12+. The average Bonchev–Trinajstić information content (AvgIpc) is 3.08. The summed E-state index contributed by atoms with van der Waals surface area (Å²) in [4.78, 5) is 3.26. The van der Waals surface area contributed by atoms with Gasteiger partial charge in [-0.15, -0.1) is 0 Å². The van der Waals surface area contributed by atoms with E-state index in [-0.39, 0.29) is 16.6 Å². The molecule has 0 aliphatic rings. The van der Waals surface area contributed by atoms with Crippen LogP contribution in [0.2, 0.25) is 0 Å². The van der Waals surface area contributed by atoms with Gasteiger partial charge in [-0.25, -0.2) is 13.4 Å². The summed E-state index contributed by atoms with van der Waals surface area (Å²) in [5.74, 6) is -0.171. The van der Waals surface area contributed by atoms with Gasteiger partial charge in [-0.3, -0.25) is 0 Å². The van der Waals surface area contributed by atoms with Crippen LogP contribution in [0.15, 0.2) is 64.7 Å². The van der Waals surface area contributed by atoms with E-state index in [0.29, 0.717) is 17.0 Å². The highest BCUT2D eigenvalue weighted by molar-refractivity contribution is 7.95. The molecule has 0 aliphatic carbocycles. The molecule has 3 rings (SSSR count). The van der Waals surface area contributed by atoms with E-state index in [0.717, 1.165) is 6.07 Å². The van der Waals surface area contributed by atoms with Crippen LogP contribution in [0.1, 0.15) is 42.3 Å². The number of nitrogens with zero attached hydrogens (tertiary/aromatic N) is 3. The Balaban J connectivity index is 2.25. The van der Waals surface area contributed by atoms with Crippen LogP contribution in [0.5, 0.6) is 0 Å². The monoisotopic (exact) mass is 459 g/mol. The highest BCUT2D eigenvalue weighted by Gasteiger charge is 2.34. The molecule has 0 unspecified atom stereocenters. The summed E-state index contributed by atoms with van der Waals surface area (Å²) in [5, 5.41) is 9.27. The van der Waals surface area contributed by atoms with Crippen molar-refractivity contribution >= 4 is 15.9 Å². The minimum atomic E-state index is -4.57. The Morgan fingerprint density at radius 3 is 2.38 bits per heavy atom. The Kier molecular flexibility index (Phi) is 6.28. The topological polar surface area (TPSA) is 75.8 Å².